The van der Waals surface area contributed by atoms with E-state index < -0.39 is 0 Å². The summed E-state index contributed by atoms with van der Waals surface area (Å²) in [5, 5.41) is 0. The Kier molecular flexibility index (Phi) is 7.88. The number of nitrogens with two attached hydrogens (primary N) is 1. The van der Waals surface area contributed by atoms with Crippen molar-refractivity contribution >= 4 is 0 Å². The lowest BCUT2D eigenvalue weighted by molar-refractivity contribution is 0.0462. The van der Waals surface area contributed by atoms with Crippen LogP contribution in [0.2, 0.25) is 0 Å². The van der Waals surface area contributed by atoms with Gasteiger partial charge in [-0.15, -0.1) is 0 Å². The average Bonchev–Trinajstić information content (AvgIpc) is 2.92. The minimum absolute atomic E-state index is 0.107. The Morgan fingerprint density at radius 1 is 1.29 bits per heavy atom. The van der Waals surface area contributed by atoms with Crippen LogP contribution in [-0.2, 0) is 9.47 Å². The van der Waals surface area contributed by atoms with Crippen molar-refractivity contribution in [2.45, 2.75) is 38.9 Å². The molecule has 0 aliphatic rings. The first-order valence-electron chi connectivity index (χ1n) is 7.52. The quantitative estimate of drug-likeness (QED) is 0.708. The topological polar surface area (TPSA) is 65.5 Å². The molecule has 2 unspecified atom stereocenters. The highest BCUT2D eigenvalue weighted by atomic mass is 16.5. The Balaban J connectivity index is 3.01. The van der Waals surface area contributed by atoms with Crippen molar-refractivity contribution in [1.82, 2.24) is 14.5 Å². The maximum absolute atomic E-state index is 6.08. The van der Waals surface area contributed by atoms with Crippen LogP contribution in [0.4, 0.5) is 0 Å². The van der Waals surface area contributed by atoms with Crippen LogP contribution >= 0.6 is 0 Å². The van der Waals surface area contributed by atoms with Crippen LogP contribution in [0.15, 0.2) is 12.5 Å². The fourth-order valence-corrected chi connectivity index (χ4v) is 2.65. The highest BCUT2D eigenvalue weighted by Crippen LogP contribution is 2.24. The molecule has 0 aliphatic heterocycles. The Morgan fingerprint density at radius 2 is 2.00 bits per heavy atom. The first-order chi connectivity index (χ1) is 10.1. The number of methoxy groups -OCH3 is 2. The fraction of sp³-hybridized carbons (Fsp3) is 0.800. The van der Waals surface area contributed by atoms with Crippen molar-refractivity contribution in [3.8, 4) is 0 Å². The molecule has 2 atom stereocenters. The smallest absolute Gasteiger partial charge is 0.0951 e. The third-order valence-electron chi connectivity index (χ3n) is 3.74. The third-order valence-corrected chi connectivity index (χ3v) is 3.74. The summed E-state index contributed by atoms with van der Waals surface area (Å²) in [6, 6.07) is 0.725. The zero-order chi connectivity index (χ0) is 15.8. The standard InChI is InChI=1S/C15H30N4O2/c1-12(2)19-11-17-9-15(19)14(8-16)18(6-7-20-4)13(3)10-21-5/h9,11-14H,6-8,10,16H2,1-5H3. The lowest BCUT2D eigenvalue weighted by atomic mass is 10.1. The van der Waals surface area contributed by atoms with E-state index in [9.17, 15) is 0 Å². The largest absolute Gasteiger partial charge is 0.383 e. The molecule has 0 saturated heterocycles. The molecule has 21 heavy (non-hydrogen) atoms. The zero-order valence-electron chi connectivity index (χ0n) is 14.0. The summed E-state index contributed by atoms with van der Waals surface area (Å²) >= 11 is 0. The third kappa shape index (κ3) is 4.78. The number of aromatic nitrogens is 2. The normalized spacial score (nSPS) is 14.9. The Labute approximate surface area is 128 Å². The molecule has 0 saturated carbocycles. The molecule has 1 heterocycles. The van der Waals surface area contributed by atoms with Crippen molar-refractivity contribution in [3.63, 3.8) is 0 Å². The van der Waals surface area contributed by atoms with Gasteiger partial charge in [0.05, 0.1) is 31.3 Å². The molecule has 122 valence electrons. The van der Waals surface area contributed by atoms with Gasteiger partial charge in [0.25, 0.3) is 0 Å². The van der Waals surface area contributed by atoms with Gasteiger partial charge in [-0.25, -0.2) is 4.98 Å². The first kappa shape index (κ1) is 18.1. The van der Waals surface area contributed by atoms with E-state index in [2.05, 4.69) is 35.2 Å². The summed E-state index contributed by atoms with van der Waals surface area (Å²) < 4.78 is 12.7. The number of rotatable bonds is 10. The average molecular weight is 298 g/mol. The summed E-state index contributed by atoms with van der Waals surface area (Å²) in [5.41, 5.74) is 7.22. The van der Waals surface area contributed by atoms with E-state index in [4.69, 9.17) is 15.2 Å². The van der Waals surface area contributed by atoms with Gasteiger partial charge in [0.15, 0.2) is 0 Å². The summed E-state index contributed by atoms with van der Waals surface area (Å²) in [4.78, 5) is 6.63. The number of hydrogen-bond acceptors (Lipinski definition) is 5. The van der Waals surface area contributed by atoms with E-state index in [0.29, 0.717) is 25.8 Å². The highest BCUT2D eigenvalue weighted by molar-refractivity contribution is 5.08. The van der Waals surface area contributed by atoms with Crippen LogP contribution in [0.3, 0.4) is 0 Å². The SMILES string of the molecule is COCCN(C(C)COC)C(CN)c1cncn1C(C)C. The van der Waals surface area contributed by atoms with Gasteiger partial charge >= 0.3 is 0 Å². The Hall–Kier alpha value is -0.950. The molecule has 0 fully saturated rings. The van der Waals surface area contributed by atoms with E-state index in [1.165, 1.54) is 0 Å². The van der Waals surface area contributed by atoms with E-state index >= 15 is 0 Å². The molecular weight excluding hydrogens is 268 g/mol. The second-order valence-corrected chi connectivity index (χ2v) is 5.61. The number of ether oxygens (including phenoxy) is 2. The summed E-state index contributed by atoms with van der Waals surface area (Å²) in [7, 11) is 3.44. The van der Waals surface area contributed by atoms with Crippen LogP contribution in [0.5, 0.6) is 0 Å². The van der Waals surface area contributed by atoms with Gasteiger partial charge in [-0.2, -0.15) is 0 Å². The molecule has 1 rings (SSSR count). The minimum Gasteiger partial charge on any atom is -0.383 e. The molecule has 1 aromatic rings. The van der Waals surface area contributed by atoms with Crippen LogP contribution in [-0.4, -0.2) is 61.0 Å². The van der Waals surface area contributed by atoms with Crippen molar-refractivity contribution in [2.24, 2.45) is 5.73 Å². The molecule has 6 nitrogen and oxygen atoms in total. The summed E-state index contributed by atoms with van der Waals surface area (Å²) in [5.74, 6) is 0. The van der Waals surface area contributed by atoms with Crippen molar-refractivity contribution in [3.05, 3.63) is 18.2 Å². The summed E-state index contributed by atoms with van der Waals surface area (Å²) in [6.45, 7) is 9.13. The predicted octanol–water partition coefficient (Wildman–Crippen LogP) is 1.45. The van der Waals surface area contributed by atoms with Crippen molar-refractivity contribution in [2.75, 3.05) is 40.5 Å². The van der Waals surface area contributed by atoms with E-state index in [-0.39, 0.29) is 12.1 Å². The number of hydrogen-bond donors (Lipinski definition) is 1. The van der Waals surface area contributed by atoms with Crippen molar-refractivity contribution < 1.29 is 9.47 Å². The maximum Gasteiger partial charge on any atom is 0.0951 e. The molecule has 0 radical (unpaired) electrons. The van der Waals surface area contributed by atoms with Gasteiger partial charge < -0.3 is 19.8 Å². The monoisotopic (exact) mass is 298 g/mol. The van der Waals surface area contributed by atoms with Gasteiger partial charge in [-0.05, 0) is 20.8 Å². The molecular formula is C15H30N4O2. The maximum atomic E-state index is 6.08. The van der Waals surface area contributed by atoms with Gasteiger partial charge in [0.2, 0.25) is 0 Å². The molecule has 0 spiro atoms. The van der Waals surface area contributed by atoms with Gasteiger partial charge in [0, 0.05) is 45.6 Å². The molecule has 0 aliphatic carbocycles. The lowest BCUT2D eigenvalue weighted by Crippen LogP contribution is -2.44. The lowest BCUT2D eigenvalue weighted by Gasteiger charge is -2.36. The zero-order valence-corrected chi connectivity index (χ0v) is 14.0. The Morgan fingerprint density at radius 3 is 2.52 bits per heavy atom. The molecule has 1 aromatic heterocycles. The van der Waals surface area contributed by atoms with Crippen LogP contribution in [0.1, 0.15) is 38.5 Å². The van der Waals surface area contributed by atoms with E-state index in [1.54, 1.807) is 14.2 Å². The molecule has 0 amide bonds. The molecule has 0 aromatic carbocycles. The van der Waals surface area contributed by atoms with E-state index in [0.717, 1.165) is 12.2 Å². The fourth-order valence-electron chi connectivity index (χ4n) is 2.65. The van der Waals surface area contributed by atoms with Crippen molar-refractivity contribution in [1.29, 1.82) is 0 Å². The van der Waals surface area contributed by atoms with Gasteiger partial charge in [-0.1, -0.05) is 0 Å². The molecule has 6 heteroatoms. The van der Waals surface area contributed by atoms with Crippen LogP contribution < -0.4 is 5.73 Å². The second kappa shape index (κ2) is 9.15. The summed E-state index contributed by atoms with van der Waals surface area (Å²) in [6.07, 6.45) is 3.79. The predicted molar refractivity (Wildman–Crippen MR) is 84.3 cm³/mol. The molecule has 2 N–H and O–H groups in total. The van der Waals surface area contributed by atoms with Crippen LogP contribution in [0, 0.1) is 0 Å². The Bertz CT molecular complexity index is 395. The highest BCUT2D eigenvalue weighted by Gasteiger charge is 2.26. The van der Waals surface area contributed by atoms with Gasteiger partial charge in [0.1, 0.15) is 0 Å². The van der Waals surface area contributed by atoms with Gasteiger partial charge in [-0.3, -0.25) is 4.90 Å². The molecule has 0 bridgehead atoms. The number of nitrogens with zero attached hydrogens (tertiary/aromatic N) is 3. The second-order valence-electron chi connectivity index (χ2n) is 5.61. The van der Waals surface area contributed by atoms with E-state index in [1.807, 2.05) is 12.5 Å². The minimum atomic E-state index is 0.107. The number of imidazole rings is 1. The van der Waals surface area contributed by atoms with Crippen LogP contribution in [0.25, 0.3) is 0 Å². The first-order valence-corrected chi connectivity index (χ1v) is 7.52.